The molecule has 5 nitrogen and oxygen atoms in total. The van der Waals surface area contributed by atoms with Crippen LogP contribution in [0, 0.1) is 0 Å². The molecule has 0 N–H and O–H groups in total. The maximum atomic E-state index is 12.3. The third-order valence-corrected chi connectivity index (χ3v) is 3.18. The number of Topliss-reactive ketones (excluding diaryl/α,β-unsaturated/α-hetero) is 1. The average Bonchev–Trinajstić information content (AvgIpc) is 2.95. The topological polar surface area (TPSA) is 65.2 Å². The minimum absolute atomic E-state index is 0.182. The van der Waals surface area contributed by atoms with Gasteiger partial charge in [0.25, 0.3) is 0 Å². The van der Waals surface area contributed by atoms with E-state index in [1.807, 2.05) is 0 Å². The lowest BCUT2D eigenvalue weighted by atomic mass is 10.0. The van der Waals surface area contributed by atoms with Crippen LogP contribution in [0.15, 0.2) is 4.52 Å². The van der Waals surface area contributed by atoms with Gasteiger partial charge in [0.05, 0.1) is 0 Å². The van der Waals surface area contributed by atoms with Crippen molar-refractivity contribution >= 4 is 5.78 Å². The Kier molecular flexibility index (Phi) is 3.38. The van der Waals surface area contributed by atoms with Crippen molar-refractivity contribution in [1.82, 2.24) is 10.1 Å². The Balaban J connectivity index is 2.19. The third kappa shape index (κ3) is 2.63. The van der Waals surface area contributed by atoms with E-state index < -0.39 is 23.5 Å². The fourth-order valence-corrected chi connectivity index (χ4v) is 1.94. The molecule has 1 aromatic heterocycles. The highest BCUT2D eigenvalue weighted by molar-refractivity contribution is 5.89. The van der Waals surface area contributed by atoms with Gasteiger partial charge >= 0.3 is 6.18 Å². The minimum atomic E-state index is -4.91. The highest BCUT2D eigenvalue weighted by atomic mass is 19.4. The molecule has 2 atom stereocenters. The monoisotopic (exact) mass is 278 g/mol. The molecule has 2 heterocycles. The van der Waals surface area contributed by atoms with Gasteiger partial charge < -0.3 is 9.26 Å². The lowest BCUT2D eigenvalue weighted by Gasteiger charge is -2.17. The quantitative estimate of drug-likeness (QED) is 0.849. The summed E-state index contributed by atoms with van der Waals surface area (Å²) < 4.78 is 47.1. The van der Waals surface area contributed by atoms with Gasteiger partial charge in [-0.1, -0.05) is 5.16 Å². The lowest BCUT2D eigenvalue weighted by Crippen LogP contribution is -2.28. The van der Waals surface area contributed by atoms with Crippen molar-refractivity contribution in [3.63, 3.8) is 0 Å². The van der Waals surface area contributed by atoms with Gasteiger partial charge in [0.2, 0.25) is 17.5 Å². The molecule has 0 spiro atoms. The van der Waals surface area contributed by atoms with E-state index in [9.17, 15) is 18.0 Å². The summed E-state index contributed by atoms with van der Waals surface area (Å²) in [6.07, 6.45) is -3.44. The molecule has 106 valence electrons. The summed E-state index contributed by atoms with van der Waals surface area (Å²) >= 11 is 0. The van der Waals surface area contributed by atoms with E-state index in [1.165, 1.54) is 0 Å². The van der Waals surface area contributed by atoms with Gasteiger partial charge in [0.15, 0.2) is 0 Å². The third-order valence-electron chi connectivity index (χ3n) is 3.18. The van der Waals surface area contributed by atoms with Crippen LogP contribution in [0.1, 0.15) is 44.3 Å². The van der Waals surface area contributed by atoms with Crippen LogP contribution < -0.4 is 0 Å². The van der Waals surface area contributed by atoms with Crippen LogP contribution in [0.5, 0.6) is 0 Å². The summed E-state index contributed by atoms with van der Waals surface area (Å²) in [6.45, 7) is 3.37. The lowest BCUT2D eigenvalue weighted by molar-refractivity contribution is -0.172. The van der Waals surface area contributed by atoms with Crippen molar-refractivity contribution in [3.05, 3.63) is 11.7 Å². The van der Waals surface area contributed by atoms with Crippen LogP contribution in [0.25, 0.3) is 0 Å². The summed E-state index contributed by atoms with van der Waals surface area (Å²) in [5.74, 6) is -3.57. The van der Waals surface area contributed by atoms with Gasteiger partial charge in [0, 0.05) is 6.61 Å². The molecule has 1 aromatic rings. The predicted octanol–water partition coefficient (Wildman–Crippen LogP) is 2.33. The van der Waals surface area contributed by atoms with Crippen molar-refractivity contribution < 1.29 is 27.2 Å². The van der Waals surface area contributed by atoms with Crippen LogP contribution >= 0.6 is 0 Å². The fraction of sp³-hybridized carbons (Fsp3) is 0.727. The zero-order chi connectivity index (χ0) is 14.3. The molecule has 0 amide bonds. The Morgan fingerprint density at radius 2 is 2.16 bits per heavy atom. The number of aromatic nitrogens is 2. The fourth-order valence-electron chi connectivity index (χ4n) is 1.94. The molecule has 1 aliphatic rings. The summed E-state index contributed by atoms with van der Waals surface area (Å²) in [5, 5.41) is 3.62. The van der Waals surface area contributed by atoms with Crippen LogP contribution in [0.4, 0.5) is 13.2 Å². The van der Waals surface area contributed by atoms with Gasteiger partial charge in [-0.3, -0.25) is 4.79 Å². The summed E-state index contributed by atoms with van der Waals surface area (Å²) in [7, 11) is 0. The van der Waals surface area contributed by atoms with Crippen molar-refractivity contribution in [1.29, 1.82) is 0 Å². The zero-order valence-corrected chi connectivity index (χ0v) is 10.5. The molecular formula is C11H13F3N2O3. The van der Waals surface area contributed by atoms with Crippen LogP contribution in [0.3, 0.4) is 0 Å². The first kappa shape index (κ1) is 14.0. The first-order valence-corrected chi connectivity index (χ1v) is 5.83. The number of carbonyl (C=O) groups excluding carboxylic acids is 1. The van der Waals surface area contributed by atoms with E-state index in [0.29, 0.717) is 13.0 Å². The number of ketones is 1. The molecule has 2 unspecified atom stereocenters. The Labute approximate surface area is 107 Å². The summed E-state index contributed by atoms with van der Waals surface area (Å²) in [6, 6.07) is 0. The van der Waals surface area contributed by atoms with Gasteiger partial charge in [-0.25, -0.2) is 0 Å². The standard InChI is InChI=1S/C11H13F3N2O3/c1-6(7(17)11(12,13)14)8-15-9(16-19-8)10(2)4-3-5-18-10/h6H,3-5H2,1-2H3. The Morgan fingerprint density at radius 1 is 1.47 bits per heavy atom. The Morgan fingerprint density at radius 3 is 2.68 bits per heavy atom. The average molecular weight is 278 g/mol. The van der Waals surface area contributed by atoms with E-state index in [-0.39, 0.29) is 11.7 Å². The number of hydrogen-bond acceptors (Lipinski definition) is 5. The summed E-state index contributed by atoms with van der Waals surface area (Å²) in [5.41, 5.74) is -0.747. The van der Waals surface area contributed by atoms with Gasteiger partial charge in [-0.2, -0.15) is 18.2 Å². The second kappa shape index (κ2) is 4.59. The molecule has 0 saturated carbocycles. The first-order chi connectivity index (χ1) is 8.74. The Hall–Kier alpha value is -1.44. The SMILES string of the molecule is CC(C(=O)C(F)(F)F)c1nc(C2(C)CCCO2)no1. The highest BCUT2D eigenvalue weighted by Crippen LogP contribution is 2.35. The predicted molar refractivity (Wildman–Crippen MR) is 56.3 cm³/mol. The molecular weight excluding hydrogens is 265 g/mol. The van der Waals surface area contributed by atoms with Crippen molar-refractivity contribution in [2.75, 3.05) is 6.61 Å². The van der Waals surface area contributed by atoms with Crippen molar-refractivity contribution in [2.24, 2.45) is 0 Å². The number of ether oxygens (including phenoxy) is 1. The zero-order valence-electron chi connectivity index (χ0n) is 10.5. The van der Waals surface area contributed by atoms with Crippen molar-refractivity contribution in [3.8, 4) is 0 Å². The minimum Gasteiger partial charge on any atom is -0.367 e. The molecule has 2 rings (SSSR count). The second-order valence-corrected chi connectivity index (χ2v) is 4.72. The van der Waals surface area contributed by atoms with E-state index in [0.717, 1.165) is 13.3 Å². The Bertz CT molecular complexity index is 478. The van der Waals surface area contributed by atoms with Gasteiger partial charge in [-0.05, 0) is 26.7 Å². The molecule has 0 bridgehead atoms. The molecule has 1 saturated heterocycles. The number of rotatable bonds is 3. The molecule has 0 radical (unpaired) electrons. The molecule has 19 heavy (non-hydrogen) atoms. The van der Waals surface area contributed by atoms with E-state index in [2.05, 4.69) is 10.1 Å². The summed E-state index contributed by atoms with van der Waals surface area (Å²) in [4.78, 5) is 15.0. The van der Waals surface area contributed by atoms with Crippen molar-refractivity contribution in [2.45, 2.75) is 44.4 Å². The highest BCUT2D eigenvalue weighted by Gasteiger charge is 2.45. The first-order valence-electron chi connectivity index (χ1n) is 5.83. The van der Waals surface area contributed by atoms with Gasteiger partial charge in [0.1, 0.15) is 11.5 Å². The maximum Gasteiger partial charge on any atom is 0.450 e. The van der Waals surface area contributed by atoms with E-state index in [4.69, 9.17) is 9.26 Å². The molecule has 8 heteroatoms. The van der Waals surface area contributed by atoms with Crippen LogP contribution in [-0.4, -0.2) is 28.7 Å². The number of carbonyl (C=O) groups is 1. The molecule has 0 aromatic carbocycles. The number of halogens is 3. The number of hydrogen-bond donors (Lipinski definition) is 0. The number of nitrogens with zero attached hydrogens (tertiary/aromatic N) is 2. The molecule has 1 fully saturated rings. The number of alkyl halides is 3. The maximum absolute atomic E-state index is 12.3. The van der Waals surface area contributed by atoms with Crippen LogP contribution in [-0.2, 0) is 15.1 Å². The normalized spacial score (nSPS) is 25.5. The van der Waals surface area contributed by atoms with Gasteiger partial charge in [-0.15, -0.1) is 0 Å². The largest absolute Gasteiger partial charge is 0.450 e. The van der Waals surface area contributed by atoms with Crippen LogP contribution in [0.2, 0.25) is 0 Å². The molecule has 1 aliphatic heterocycles. The van der Waals surface area contributed by atoms with E-state index >= 15 is 0 Å². The van der Waals surface area contributed by atoms with E-state index in [1.54, 1.807) is 6.92 Å². The second-order valence-electron chi connectivity index (χ2n) is 4.72. The smallest absolute Gasteiger partial charge is 0.367 e. The molecule has 0 aliphatic carbocycles.